The molecule has 1 fully saturated rings. The first-order valence-corrected chi connectivity index (χ1v) is 5.50. The first kappa shape index (κ1) is 12.9. The van der Waals surface area contributed by atoms with Crippen LogP contribution in [0.1, 0.15) is 6.42 Å². The Morgan fingerprint density at radius 1 is 1.44 bits per heavy atom. The van der Waals surface area contributed by atoms with Crippen molar-refractivity contribution in [1.82, 2.24) is 4.90 Å². The van der Waals surface area contributed by atoms with Crippen LogP contribution in [-0.2, 0) is 9.59 Å². The molecule has 2 amide bonds. The molecule has 0 aromatic carbocycles. The maximum atomic E-state index is 11.9. The zero-order chi connectivity index (χ0) is 12.2. The highest BCUT2D eigenvalue weighted by molar-refractivity contribution is 5.81. The van der Waals surface area contributed by atoms with E-state index in [4.69, 9.17) is 5.73 Å². The molecule has 2 N–H and O–H groups in total. The molecular formula is C11H20N3O2+. The molecule has 1 aliphatic rings. The molecule has 1 saturated heterocycles. The molecule has 0 bridgehead atoms. The van der Waals surface area contributed by atoms with Crippen LogP contribution >= 0.6 is 0 Å². The van der Waals surface area contributed by atoms with E-state index in [0.29, 0.717) is 11.0 Å². The van der Waals surface area contributed by atoms with Gasteiger partial charge in [0.1, 0.15) is 0 Å². The second kappa shape index (κ2) is 5.23. The van der Waals surface area contributed by atoms with E-state index in [9.17, 15) is 9.59 Å². The lowest BCUT2D eigenvalue weighted by Gasteiger charge is -2.40. The van der Waals surface area contributed by atoms with Gasteiger partial charge in [0.2, 0.25) is 5.91 Å². The lowest BCUT2D eigenvalue weighted by atomic mass is 10.2. The fourth-order valence-electron chi connectivity index (χ4n) is 2.02. The second-order valence-corrected chi connectivity index (χ2v) is 4.38. The first-order valence-electron chi connectivity index (χ1n) is 5.50. The molecule has 1 rings (SSSR count). The van der Waals surface area contributed by atoms with Crippen LogP contribution in [0.4, 0.5) is 0 Å². The summed E-state index contributed by atoms with van der Waals surface area (Å²) >= 11 is 0. The van der Waals surface area contributed by atoms with Crippen molar-refractivity contribution < 1.29 is 14.1 Å². The lowest BCUT2D eigenvalue weighted by molar-refractivity contribution is -0.856. The van der Waals surface area contributed by atoms with Crippen molar-refractivity contribution in [1.29, 1.82) is 0 Å². The zero-order valence-corrected chi connectivity index (χ0v) is 9.82. The zero-order valence-electron chi connectivity index (χ0n) is 9.82. The molecule has 0 unspecified atom stereocenters. The van der Waals surface area contributed by atoms with Gasteiger partial charge in [-0.25, -0.2) is 4.79 Å². The van der Waals surface area contributed by atoms with Gasteiger partial charge in [0.15, 0.2) is 0 Å². The van der Waals surface area contributed by atoms with E-state index in [-0.39, 0.29) is 18.2 Å². The summed E-state index contributed by atoms with van der Waals surface area (Å²) in [5, 5.41) is 0. The molecule has 16 heavy (non-hydrogen) atoms. The quantitative estimate of drug-likeness (QED) is 0.511. The molecule has 0 aromatic rings. The number of likely N-dealkylation sites (N-methyl/N-ethyl adjacent to an activating group) is 1. The summed E-state index contributed by atoms with van der Waals surface area (Å²) in [5.74, 6) is -0.359. The maximum absolute atomic E-state index is 11.9. The molecule has 5 nitrogen and oxygen atoms in total. The van der Waals surface area contributed by atoms with E-state index in [1.807, 2.05) is 7.05 Å². The molecule has 1 aliphatic heterocycles. The highest BCUT2D eigenvalue weighted by Crippen LogP contribution is 2.14. The van der Waals surface area contributed by atoms with Gasteiger partial charge < -0.3 is 5.73 Å². The van der Waals surface area contributed by atoms with Crippen molar-refractivity contribution in [3.8, 4) is 0 Å². The number of rotatable bonds is 4. The first-order chi connectivity index (χ1) is 7.50. The number of amides is 2. The third-order valence-corrected chi connectivity index (χ3v) is 3.25. The Balaban J connectivity index is 2.72. The van der Waals surface area contributed by atoms with Crippen LogP contribution in [0.25, 0.3) is 0 Å². The molecule has 0 spiro atoms. The summed E-state index contributed by atoms with van der Waals surface area (Å²) in [6.45, 7) is 7.21. The van der Waals surface area contributed by atoms with Crippen molar-refractivity contribution in [3.05, 3.63) is 12.7 Å². The highest BCUT2D eigenvalue weighted by Gasteiger charge is 2.37. The van der Waals surface area contributed by atoms with E-state index in [1.54, 1.807) is 0 Å². The number of piperazine rings is 1. The fraction of sp³-hybridized carbons (Fsp3) is 0.636. The standard InChI is InChI=1S/C11H19N3O2/c1-3-11(16)14(7-4-10(12)15)8-5-13(2)6-9-14/h3H,1,4-9H2,2H3,(H-,12,15)/p+1. The summed E-state index contributed by atoms with van der Waals surface area (Å²) in [5.41, 5.74) is 5.14. The van der Waals surface area contributed by atoms with Gasteiger partial charge in [-0.15, -0.1) is 0 Å². The van der Waals surface area contributed by atoms with Crippen LogP contribution in [0.2, 0.25) is 0 Å². The van der Waals surface area contributed by atoms with E-state index < -0.39 is 0 Å². The normalized spacial score (nSPS) is 20.3. The number of hydrogen-bond donors (Lipinski definition) is 1. The third-order valence-electron chi connectivity index (χ3n) is 3.25. The number of nitrogens with zero attached hydrogens (tertiary/aromatic N) is 2. The topological polar surface area (TPSA) is 63.4 Å². The van der Waals surface area contributed by atoms with Crippen LogP contribution in [-0.4, -0.2) is 61.0 Å². The molecule has 0 aliphatic carbocycles. The van der Waals surface area contributed by atoms with Crippen LogP contribution in [0.15, 0.2) is 12.7 Å². The number of quaternary nitrogens is 1. The number of nitrogens with two attached hydrogens (primary N) is 1. The van der Waals surface area contributed by atoms with Crippen molar-refractivity contribution in [2.24, 2.45) is 5.73 Å². The molecule has 0 atom stereocenters. The minimum absolute atomic E-state index is 0.00523. The summed E-state index contributed by atoms with van der Waals surface area (Å²) in [4.78, 5) is 24.9. The van der Waals surface area contributed by atoms with Crippen molar-refractivity contribution in [2.75, 3.05) is 39.8 Å². The van der Waals surface area contributed by atoms with Crippen molar-refractivity contribution >= 4 is 11.8 Å². The molecule has 90 valence electrons. The Labute approximate surface area is 96.1 Å². The van der Waals surface area contributed by atoms with Crippen molar-refractivity contribution in [2.45, 2.75) is 6.42 Å². The number of carbonyl (C=O) groups is 2. The van der Waals surface area contributed by atoms with Crippen LogP contribution < -0.4 is 5.73 Å². The van der Waals surface area contributed by atoms with Crippen LogP contribution in [0.3, 0.4) is 0 Å². The predicted molar refractivity (Wildman–Crippen MR) is 61.4 cm³/mol. The van der Waals surface area contributed by atoms with E-state index in [2.05, 4.69) is 11.5 Å². The number of carbonyl (C=O) groups excluding carboxylic acids is 2. The van der Waals surface area contributed by atoms with Gasteiger partial charge in [-0.1, -0.05) is 6.58 Å². The third kappa shape index (κ3) is 2.90. The van der Waals surface area contributed by atoms with Gasteiger partial charge in [0.25, 0.3) is 0 Å². The van der Waals surface area contributed by atoms with Gasteiger partial charge in [0, 0.05) is 19.2 Å². The molecular weight excluding hydrogens is 206 g/mol. The largest absolute Gasteiger partial charge is 0.369 e. The monoisotopic (exact) mass is 226 g/mol. The smallest absolute Gasteiger partial charge is 0.338 e. The fourth-order valence-corrected chi connectivity index (χ4v) is 2.02. The van der Waals surface area contributed by atoms with Gasteiger partial charge in [0.05, 0.1) is 26.1 Å². The van der Waals surface area contributed by atoms with Gasteiger partial charge >= 0.3 is 5.91 Å². The SMILES string of the molecule is C=CC(=O)[N+]1(CCC(N)=O)CCN(C)CC1. The molecule has 0 radical (unpaired) electrons. The number of hydrogen-bond acceptors (Lipinski definition) is 3. The Morgan fingerprint density at radius 2 is 2.00 bits per heavy atom. The molecule has 0 saturated carbocycles. The average Bonchev–Trinajstić information content (AvgIpc) is 2.28. The average molecular weight is 226 g/mol. The Kier molecular flexibility index (Phi) is 4.20. The summed E-state index contributed by atoms with van der Waals surface area (Å²) < 4.78 is 0.316. The second-order valence-electron chi connectivity index (χ2n) is 4.38. The predicted octanol–water partition coefficient (Wildman–Crippen LogP) is -0.663. The maximum Gasteiger partial charge on any atom is 0.338 e. The van der Waals surface area contributed by atoms with Crippen LogP contribution in [0, 0.1) is 0 Å². The summed E-state index contributed by atoms with van der Waals surface area (Å²) in [7, 11) is 2.03. The molecule has 1 heterocycles. The summed E-state index contributed by atoms with van der Waals surface area (Å²) in [6, 6.07) is 0. The van der Waals surface area contributed by atoms with E-state index in [0.717, 1.165) is 26.2 Å². The van der Waals surface area contributed by atoms with E-state index >= 15 is 0 Å². The summed E-state index contributed by atoms with van der Waals surface area (Å²) in [6.07, 6.45) is 1.61. The Morgan fingerprint density at radius 3 is 2.44 bits per heavy atom. The van der Waals surface area contributed by atoms with Crippen LogP contribution in [0.5, 0.6) is 0 Å². The van der Waals surface area contributed by atoms with Crippen molar-refractivity contribution in [3.63, 3.8) is 0 Å². The van der Waals surface area contributed by atoms with Gasteiger partial charge in [-0.3, -0.25) is 14.2 Å². The molecule has 0 aromatic heterocycles. The molecule has 5 heteroatoms. The lowest BCUT2D eigenvalue weighted by Crippen LogP contribution is -2.62. The Hall–Kier alpha value is -1.20. The number of primary amides is 1. The minimum atomic E-state index is -0.353. The van der Waals surface area contributed by atoms with Gasteiger partial charge in [-0.05, 0) is 7.05 Å². The highest BCUT2D eigenvalue weighted by atomic mass is 16.2. The minimum Gasteiger partial charge on any atom is -0.369 e. The van der Waals surface area contributed by atoms with Gasteiger partial charge in [-0.2, -0.15) is 0 Å². The van der Waals surface area contributed by atoms with E-state index in [1.165, 1.54) is 6.08 Å². The Bertz CT molecular complexity index is 294.